The Morgan fingerprint density at radius 3 is 2.69 bits per heavy atom. The minimum absolute atomic E-state index is 0.184. The van der Waals surface area contributed by atoms with Crippen molar-refractivity contribution in [2.45, 2.75) is 10.9 Å². The van der Waals surface area contributed by atoms with Gasteiger partial charge in [0.2, 0.25) is 6.79 Å². The zero-order valence-electron chi connectivity index (χ0n) is 15.2. The zero-order valence-corrected chi connectivity index (χ0v) is 16.0. The topological polar surface area (TPSA) is 53.4 Å². The van der Waals surface area contributed by atoms with Crippen LogP contribution in [0, 0.1) is 5.82 Å². The molecule has 1 aliphatic heterocycles. The molecule has 3 aromatic carbocycles. The SMILES string of the molecule is O=c1c2ccccc2nc(SCc2ccc3c(c2)OCO3)n1-c1ccccc1F. The predicted molar refractivity (Wildman–Crippen MR) is 109 cm³/mol. The lowest BCUT2D eigenvalue weighted by molar-refractivity contribution is 0.174. The average molecular weight is 406 g/mol. The van der Waals surface area contributed by atoms with Crippen molar-refractivity contribution in [2.75, 3.05) is 6.79 Å². The van der Waals surface area contributed by atoms with E-state index in [1.807, 2.05) is 24.3 Å². The summed E-state index contributed by atoms with van der Waals surface area (Å²) in [5.74, 6) is 1.47. The van der Waals surface area contributed by atoms with Crippen LogP contribution in [0.5, 0.6) is 11.5 Å². The molecule has 0 saturated heterocycles. The third-order valence-electron chi connectivity index (χ3n) is 4.64. The fraction of sp³-hybridized carbons (Fsp3) is 0.0909. The molecule has 4 aromatic rings. The van der Waals surface area contributed by atoms with Crippen molar-refractivity contribution in [3.05, 3.63) is 88.5 Å². The molecule has 0 fully saturated rings. The molecule has 2 heterocycles. The van der Waals surface area contributed by atoms with Crippen molar-refractivity contribution in [3.63, 3.8) is 0 Å². The van der Waals surface area contributed by atoms with E-state index >= 15 is 0 Å². The molecule has 0 unspecified atom stereocenters. The molecule has 0 atom stereocenters. The maximum absolute atomic E-state index is 14.5. The number of nitrogens with zero attached hydrogens (tertiary/aromatic N) is 2. The number of halogens is 1. The van der Waals surface area contributed by atoms with E-state index in [0.717, 1.165) is 5.56 Å². The fourth-order valence-corrected chi connectivity index (χ4v) is 4.18. The van der Waals surface area contributed by atoms with E-state index < -0.39 is 5.82 Å². The summed E-state index contributed by atoms with van der Waals surface area (Å²) in [5.41, 5.74) is 1.46. The third-order valence-corrected chi connectivity index (χ3v) is 5.65. The second-order valence-corrected chi connectivity index (χ2v) is 7.42. The van der Waals surface area contributed by atoms with Crippen molar-refractivity contribution < 1.29 is 13.9 Å². The van der Waals surface area contributed by atoms with E-state index in [-0.39, 0.29) is 18.0 Å². The molecule has 0 spiro atoms. The van der Waals surface area contributed by atoms with Crippen LogP contribution in [0.3, 0.4) is 0 Å². The van der Waals surface area contributed by atoms with Gasteiger partial charge in [-0.3, -0.25) is 9.36 Å². The van der Waals surface area contributed by atoms with Crippen LogP contribution in [0.2, 0.25) is 0 Å². The van der Waals surface area contributed by atoms with Gasteiger partial charge in [-0.2, -0.15) is 0 Å². The summed E-state index contributed by atoms with van der Waals surface area (Å²) in [4.78, 5) is 17.8. The lowest BCUT2D eigenvalue weighted by Crippen LogP contribution is -2.22. The second kappa shape index (κ2) is 7.25. The third kappa shape index (κ3) is 3.23. The molecule has 5 nitrogen and oxygen atoms in total. The van der Waals surface area contributed by atoms with Crippen LogP contribution in [0.25, 0.3) is 16.6 Å². The van der Waals surface area contributed by atoms with Crippen molar-refractivity contribution in [3.8, 4) is 17.2 Å². The number of benzene rings is 3. The first-order chi connectivity index (χ1) is 14.2. The largest absolute Gasteiger partial charge is 0.454 e. The highest BCUT2D eigenvalue weighted by Crippen LogP contribution is 2.34. The van der Waals surface area contributed by atoms with Crippen LogP contribution in [0.15, 0.2) is 76.7 Å². The minimum Gasteiger partial charge on any atom is -0.454 e. The molecule has 1 aromatic heterocycles. The normalized spacial score (nSPS) is 12.4. The van der Waals surface area contributed by atoms with E-state index in [1.54, 1.807) is 36.4 Å². The van der Waals surface area contributed by atoms with Crippen LogP contribution in [-0.2, 0) is 5.75 Å². The van der Waals surface area contributed by atoms with Gasteiger partial charge in [0.25, 0.3) is 5.56 Å². The second-order valence-electron chi connectivity index (χ2n) is 6.48. The molecular formula is C22H15FN2O3S. The average Bonchev–Trinajstić information content (AvgIpc) is 3.21. The summed E-state index contributed by atoms with van der Waals surface area (Å²) in [7, 11) is 0. The molecule has 7 heteroatoms. The molecule has 0 bridgehead atoms. The van der Waals surface area contributed by atoms with Crippen LogP contribution < -0.4 is 15.0 Å². The number of hydrogen-bond donors (Lipinski definition) is 0. The lowest BCUT2D eigenvalue weighted by Gasteiger charge is -2.14. The Hall–Kier alpha value is -3.32. The van der Waals surface area contributed by atoms with Crippen LogP contribution in [0.4, 0.5) is 4.39 Å². The summed E-state index contributed by atoms with van der Waals surface area (Å²) in [5, 5.41) is 0.875. The van der Waals surface area contributed by atoms with E-state index in [0.29, 0.717) is 33.3 Å². The van der Waals surface area contributed by atoms with Crippen LogP contribution >= 0.6 is 11.8 Å². The summed E-state index contributed by atoms with van der Waals surface area (Å²) in [6, 6.07) is 19.0. The van der Waals surface area contributed by atoms with Gasteiger partial charge in [-0.05, 0) is 42.0 Å². The van der Waals surface area contributed by atoms with Gasteiger partial charge in [-0.25, -0.2) is 9.37 Å². The van der Waals surface area contributed by atoms with Gasteiger partial charge in [0.1, 0.15) is 5.82 Å². The number of ether oxygens (including phenoxy) is 2. The maximum atomic E-state index is 14.5. The van der Waals surface area contributed by atoms with Gasteiger partial charge >= 0.3 is 0 Å². The van der Waals surface area contributed by atoms with Gasteiger partial charge in [-0.1, -0.05) is 42.1 Å². The predicted octanol–water partition coefficient (Wildman–Crippen LogP) is 4.55. The number of thioether (sulfide) groups is 1. The minimum atomic E-state index is -0.475. The quantitative estimate of drug-likeness (QED) is 0.368. The number of fused-ring (bicyclic) bond motifs is 2. The number of rotatable bonds is 4. The molecule has 1 aliphatic rings. The summed E-state index contributed by atoms with van der Waals surface area (Å²) in [6.45, 7) is 0.213. The summed E-state index contributed by atoms with van der Waals surface area (Å²) in [6.07, 6.45) is 0. The first kappa shape index (κ1) is 17.8. The Labute approximate surface area is 169 Å². The standard InChI is InChI=1S/C22H15FN2O3S/c23-16-6-2-4-8-18(16)25-21(26)15-5-1-3-7-17(15)24-22(25)29-12-14-9-10-19-20(11-14)28-13-27-19/h1-11H,12-13H2. The smallest absolute Gasteiger partial charge is 0.266 e. The van der Waals surface area contributed by atoms with Gasteiger partial charge in [0.15, 0.2) is 16.7 Å². The molecule has 144 valence electrons. The van der Waals surface area contributed by atoms with Gasteiger partial charge in [0.05, 0.1) is 16.6 Å². The van der Waals surface area contributed by atoms with Crippen LogP contribution in [0.1, 0.15) is 5.56 Å². The summed E-state index contributed by atoms with van der Waals surface area (Å²) >= 11 is 1.37. The van der Waals surface area contributed by atoms with E-state index in [4.69, 9.17) is 9.47 Å². The van der Waals surface area contributed by atoms with Crippen molar-refractivity contribution in [1.29, 1.82) is 0 Å². The molecule has 0 aliphatic carbocycles. The fourth-order valence-electron chi connectivity index (χ4n) is 3.23. The molecule has 0 saturated carbocycles. The Morgan fingerprint density at radius 1 is 1.00 bits per heavy atom. The molecule has 29 heavy (non-hydrogen) atoms. The molecular weight excluding hydrogens is 391 g/mol. The van der Waals surface area contributed by atoms with E-state index in [9.17, 15) is 9.18 Å². The van der Waals surface area contributed by atoms with Crippen molar-refractivity contribution >= 4 is 22.7 Å². The molecule has 0 N–H and O–H groups in total. The number of para-hydroxylation sites is 2. The van der Waals surface area contributed by atoms with E-state index in [2.05, 4.69) is 4.98 Å². The molecule has 5 rings (SSSR count). The Bertz CT molecular complexity index is 1290. The number of aromatic nitrogens is 2. The first-order valence-corrected chi connectivity index (χ1v) is 9.97. The molecule has 0 radical (unpaired) electrons. The Morgan fingerprint density at radius 2 is 1.79 bits per heavy atom. The van der Waals surface area contributed by atoms with E-state index in [1.165, 1.54) is 22.4 Å². The van der Waals surface area contributed by atoms with Crippen molar-refractivity contribution in [1.82, 2.24) is 9.55 Å². The Kier molecular flexibility index (Phi) is 4.44. The highest BCUT2D eigenvalue weighted by Gasteiger charge is 2.17. The Balaban J connectivity index is 1.59. The monoisotopic (exact) mass is 406 g/mol. The van der Waals surface area contributed by atoms with Crippen LogP contribution in [-0.4, -0.2) is 16.3 Å². The van der Waals surface area contributed by atoms with Gasteiger partial charge in [0, 0.05) is 5.75 Å². The van der Waals surface area contributed by atoms with Gasteiger partial charge < -0.3 is 9.47 Å². The van der Waals surface area contributed by atoms with Crippen molar-refractivity contribution in [2.24, 2.45) is 0 Å². The summed E-state index contributed by atoms with van der Waals surface area (Å²) < 4.78 is 26.6. The highest BCUT2D eigenvalue weighted by molar-refractivity contribution is 7.98. The lowest BCUT2D eigenvalue weighted by atomic mass is 10.2. The highest BCUT2D eigenvalue weighted by atomic mass is 32.2. The number of hydrogen-bond acceptors (Lipinski definition) is 5. The molecule has 0 amide bonds. The zero-order chi connectivity index (χ0) is 19.8. The first-order valence-electron chi connectivity index (χ1n) is 8.99. The van der Waals surface area contributed by atoms with Gasteiger partial charge in [-0.15, -0.1) is 0 Å². The maximum Gasteiger partial charge on any atom is 0.266 e.